The van der Waals surface area contributed by atoms with Gasteiger partial charge in [-0.3, -0.25) is 0 Å². The third kappa shape index (κ3) is 11.8. The van der Waals surface area contributed by atoms with Gasteiger partial charge in [0.1, 0.15) is 0 Å². The summed E-state index contributed by atoms with van der Waals surface area (Å²) < 4.78 is 0. The predicted octanol–water partition coefficient (Wildman–Crippen LogP) is 9.22. The van der Waals surface area contributed by atoms with E-state index in [1.54, 1.807) is 0 Å². The van der Waals surface area contributed by atoms with E-state index in [9.17, 15) is 0 Å². The smallest absolute Gasteiger partial charge is 0.159 e. The summed E-state index contributed by atoms with van der Waals surface area (Å²) in [6.07, 6.45) is 22.6. The molecule has 2 rings (SSSR count). The SMILES string of the molecule is CC(C)CCCCCCCCc1cnc(-c2ccc(CCCCCCC(C)C)cc2)nc1. The molecule has 2 heteroatoms. The molecule has 1 heterocycles. The Morgan fingerprint density at radius 3 is 1.47 bits per heavy atom. The molecule has 0 bridgehead atoms. The average molecular weight is 437 g/mol. The number of rotatable bonds is 17. The highest BCUT2D eigenvalue weighted by Crippen LogP contribution is 2.18. The minimum atomic E-state index is 0.841. The van der Waals surface area contributed by atoms with Crippen molar-refractivity contribution >= 4 is 0 Å². The van der Waals surface area contributed by atoms with Gasteiger partial charge in [0.05, 0.1) is 0 Å². The molecule has 0 aliphatic heterocycles. The third-order valence-electron chi connectivity index (χ3n) is 6.41. The molecule has 0 unspecified atom stereocenters. The lowest BCUT2D eigenvalue weighted by atomic mass is 10.0. The maximum Gasteiger partial charge on any atom is 0.159 e. The first kappa shape index (κ1) is 26.6. The molecule has 0 fully saturated rings. The quantitative estimate of drug-likeness (QED) is 0.231. The number of nitrogens with zero attached hydrogens (tertiary/aromatic N) is 2. The summed E-state index contributed by atoms with van der Waals surface area (Å²) in [5, 5.41) is 0. The van der Waals surface area contributed by atoms with Crippen molar-refractivity contribution in [2.24, 2.45) is 11.8 Å². The maximum atomic E-state index is 4.63. The van der Waals surface area contributed by atoms with E-state index in [-0.39, 0.29) is 0 Å². The first-order chi connectivity index (χ1) is 15.5. The van der Waals surface area contributed by atoms with Gasteiger partial charge in [-0.1, -0.05) is 116 Å². The van der Waals surface area contributed by atoms with Gasteiger partial charge in [0.15, 0.2) is 5.82 Å². The van der Waals surface area contributed by atoms with Crippen molar-refractivity contribution in [2.45, 2.75) is 118 Å². The summed E-state index contributed by atoms with van der Waals surface area (Å²) >= 11 is 0. The summed E-state index contributed by atoms with van der Waals surface area (Å²) in [6.45, 7) is 9.27. The van der Waals surface area contributed by atoms with Crippen LogP contribution in [0, 0.1) is 11.8 Å². The Morgan fingerprint density at radius 1 is 0.531 bits per heavy atom. The number of benzene rings is 1. The first-order valence-electron chi connectivity index (χ1n) is 13.4. The van der Waals surface area contributed by atoms with Crippen LogP contribution in [0.5, 0.6) is 0 Å². The Morgan fingerprint density at radius 2 is 0.969 bits per heavy atom. The topological polar surface area (TPSA) is 25.8 Å². The molecular weight excluding hydrogens is 388 g/mol. The van der Waals surface area contributed by atoms with Gasteiger partial charge in [-0.05, 0) is 48.6 Å². The molecule has 1 aromatic carbocycles. The van der Waals surface area contributed by atoms with Crippen LogP contribution < -0.4 is 0 Å². The second-order valence-corrected chi connectivity index (χ2v) is 10.5. The van der Waals surface area contributed by atoms with E-state index in [0.29, 0.717) is 0 Å². The van der Waals surface area contributed by atoms with Crippen molar-refractivity contribution in [1.82, 2.24) is 9.97 Å². The molecule has 0 radical (unpaired) electrons. The van der Waals surface area contributed by atoms with Gasteiger partial charge < -0.3 is 0 Å². The van der Waals surface area contributed by atoms with E-state index < -0.39 is 0 Å². The Bertz CT molecular complexity index is 701. The van der Waals surface area contributed by atoms with Crippen molar-refractivity contribution in [2.75, 3.05) is 0 Å². The molecule has 0 N–H and O–H groups in total. The van der Waals surface area contributed by atoms with Crippen molar-refractivity contribution in [3.05, 3.63) is 47.8 Å². The zero-order chi connectivity index (χ0) is 23.0. The molecule has 0 amide bonds. The fourth-order valence-electron chi connectivity index (χ4n) is 4.28. The summed E-state index contributed by atoms with van der Waals surface area (Å²) in [5.74, 6) is 2.54. The lowest BCUT2D eigenvalue weighted by Crippen LogP contribution is -1.94. The van der Waals surface area contributed by atoms with Gasteiger partial charge >= 0.3 is 0 Å². The van der Waals surface area contributed by atoms with E-state index in [1.165, 1.54) is 94.6 Å². The summed E-state index contributed by atoms with van der Waals surface area (Å²) in [7, 11) is 0. The number of hydrogen-bond acceptors (Lipinski definition) is 2. The van der Waals surface area contributed by atoms with E-state index in [2.05, 4.69) is 61.9 Å². The fourth-order valence-corrected chi connectivity index (χ4v) is 4.28. The molecule has 32 heavy (non-hydrogen) atoms. The van der Waals surface area contributed by atoms with Crippen LogP contribution in [0.1, 0.15) is 116 Å². The van der Waals surface area contributed by atoms with E-state index in [4.69, 9.17) is 0 Å². The van der Waals surface area contributed by atoms with Crippen LogP contribution in [-0.4, -0.2) is 9.97 Å². The highest BCUT2D eigenvalue weighted by Gasteiger charge is 2.03. The van der Waals surface area contributed by atoms with Gasteiger partial charge in [-0.2, -0.15) is 0 Å². The van der Waals surface area contributed by atoms with Gasteiger partial charge in [-0.15, -0.1) is 0 Å². The van der Waals surface area contributed by atoms with Crippen LogP contribution in [0.3, 0.4) is 0 Å². The Hall–Kier alpha value is -1.70. The largest absolute Gasteiger partial charge is 0.236 e. The summed E-state index contributed by atoms with van der Waals surface area (Å²) in [4.78, 5) is 9.27. The maximum absolute atomic E-state index is 4.63. The lowest BCUT2D eigenvalue weighted by Gasteiger charge is -2.06. The van der Waals surface area contributed by atoms with Crippen LogP contribution in [0.15, 0.2) is 36.7 Å². The molecule has 0 saturated heterocycles. The van der Waals surface area contributed by atoms with E-state index >= 15 is 0 Å². The number of unbranched alkanes of at least 4 members (excludes halogenated alkanes) is 8. The van der Waals surface area contributed by atoms with Gasteiger partial charge in [0.25, 0.3) is 0 Å². The lowest BCUT2D eigenvalue weighted by molar-refractivity contribution is 0.511. The Labute approximate surface area is 198 Å². The monoisotopic (exact) mass is 436 g/mol. The minimum absolute atomic E-state index is 0.841. The zero-order valence-electron chi connectivity index (χ0n) is 21.4. The molecule has 2 nitrogen and oxygen atoms in total. The first-order valence-corrected chi connectivity index (χ1v) is 13.4. The van der Waals surface area contributed by atoms with Crippen molar-refractivity contribution < 1.29 is 0 Å². The second-order valence-electron chi connectivity index (χ2n) is 10.5. The van der Waals surface area contributed by atoms with E-state index in [1.807, 2.05) is 12.4 Å². The number of aromatic nitrogens is 2. The third-order valence-corrected chi connectivity index (χ3v) is 6.41. The highest BCUT2D eigenvalue weighted by atomic mass is 14.9. The van der Waals surface area contributed by atoms with Crippen molar-refractivity contribution in [1.29, 1.82) is 0 Å². The molecule has 0 saturated carbocycles. The molecule has 1 aromatic heterocycles. The molecule has 0 aliphatic carbocycles. The average Bonchev–Trinajstić information content (AvgIpc) is 2.78. The summed E-state index contributed by atoms with van der Waals surface area (Å²) in [5.41, 5.74) is 3.82. The Kier molecular flexibility index (Phi) is 13.3. The fraction of sp³-hybridized carbons (Fsp3) is 0.667. The Balaban J connectivity index is 1.62. The van der Waals surface area contributed by atoms with Crippen LogP contribution in [0.2, 0.25) is 0 Å². The zero-order valence-corrected chi connectivity index (χ0v) is 21.4. The second kappa shape index (κ2) is 16.0. The number of hydrogen-bond donors (Lipinski definition) is 0. The standard InChI is InChI=1S/C30H48N2/c1-25(2)15-11-7-5-6-8-14-18-28-23-31-30(32-24-28)29-21-19-27(20-22-29)17-13-10-9-12-16-26(3)4/h19-26H,5-18H2,1-4H3. The van der Waals surface area contributed by atoms with Crippen LogP contribution >= 0.6 is 0 Å². The van der Waals surface area contributed by atoms with E-state index in [0.717, 1.165) is 29.6 Å². The molecule has 0 aliphatic rings. The van der Waals surface area contributed by atoms with Gasteiger partial charge in [-0.25, -0.2) is 9.97 Å². The minimum Gasteiger partial charge on any atom is -0.236 e. The molecule has 178 valence electrons. The highest BCUT2D eigenvalue weighted by molar-refractivity contribution is 5.55. The molecule has 0 atom stereocenters. The van der Waals surface area contributed by atoms with Crippen molar-refractivity contribution in [3.8, 4) is 11.4 Å². The predicted molar refractivity (Wildman–Crippen MR) is 140 cm³/mol. The van der Waals surface area contributed by atoms with Crippen LogP contribution in [0.4, 0.5) is 0 Å². The normalized spacial score (nSPS) is 11.6. The molecule has 2 aromatic rings. The summed E-state index contributed by atoms with van der Waals surface area (Å²) in [6, 6.07) is 8.87. The van der Waals surface area contributed by atoms with Gasteiger partial charge in [0, 0.05) is 18.0 Å². The molecule has 0 spiro atoms. The van der Waals surface area contributed by atoms with Crippen LogP contribution in [-0.2, 0) is 12.8 Å². The van der Waals surface area contributed by atoms with Gasteiger partial charge in [0.2, 0.25) is 0 Å². The van der Waals surface area contributed by atoms with Crippen LogP contribution in [0.25, 0.3) is 11.4 Å². The molecular formula is C30H48N2. The number of aryl methyl sites for hydroxylation is 2. The van der Waals surface area contributed by atoms with Crippen molar-refractivity contribution in [3.63, 3.8) is 0 Å².